The molecule has 584 valence electrons. The predicted octanol–water partition coefficient (Wildman–Crippen LogP) is 14.8. The number of carbonyl (C=O) groups excluding carboxylic acids is 4. The van der Waals surface area contributed by atoms with Crippen molar-refractivity contribution in [2.45, 2.75) is 90.9 Å². The second kappa shape index (κ2) is 69.2. The first-order chi connectivity index (χ1) is 51.9. The Hall–Kier alpha value is -3.02. The number of ether oxygens (including phenoxy) is 8. The first-order valence-electron chi connectivity index (χ1n) is 38.0. The fourth-order valence-electron chi connectivity index (χ4n) is 10.1. The van der Waals surface area contributed by atoms with Crippen LogP contribution in [0.4, 0.5) is 0 Å². The van der Waals surface area contributed by atoms with Gasteiger partial charge in [0, 0.05) is 148 Å². The first kappa shape index (κ1) is 91.6. The molecule has 0 saturated carbocycles. The van der Waals surface area contributed by atoms with E-state index in [4.69, 9.17) is 39.3 Å². The van der Waals surface area contributed by atoms with Crippen molar-refractivity contribution in [2.75, 3.05) is 224 Å². The van der Waals surface area contributed by atoms with Crippen molar-refractivity contribution >= 4 is 118 Å². The Morgan fingerprint density at radius 3 is 0.769 bits per heavy atom. The van der Waals surface area contributed by atoms with Gasteiger partial charge in [-0.1, -0.05) is 141 Å². The Morgan fingerprint density at radius 2 is 0.529 bits per heavy atom. The van der Waals surface area contributed by atoms with Crippen molar-refractivity contribution in [2.24, 2.45) is 0 Å². The summed E-state index contributed by atoms with van der Waals surface area (Å²) < 4.78 is 53.6. The van der Waals surface area contributed by atoms with Gasteiger partial charge in [0.05, 0.1) is 106 Å². The van der Waals surface area contributed by atoms with Gasteiger partial charge in [0.15, 0.2) is 0 Å². The third-order valence-electron chi connectivity index (χ3n) is 15.6. The quantitative estimate of drug-likeness (QED) is 0.0304. The summed E-state index contributed by atoms with van der Waals surface area (Å²) >= 11 is 14.5. The maximum absolute atomic E-state index is 13.5. The van der Waals surface area contributed by atoms with E-state index in [1.807, 2.05) is 152 Å². The SMILES string of the molecule is [2H]CCCCSCCOCCOCCSCCC(=O)N(CCCSCCOCCOCCSCCC(=O)N(CCCSCCOCCOCCSCCC(=O)N(CCCSCCOCCOCCSCCC(=O)N(CC=C)Cc1ccccc1)Cc1ccccc1)Cc1ccccc1)Cc1ccccc1. The monoisotopic (exact) mass is 1590 g/mol. The minimum Gasteiger partial charge on any atom is -0.378 e. The highest BCUT2D eigenvalue weighted by Gasteiger charge is 2.18. The molecule has 4 amide bonds. The lowest BCUT2D eigenvalue weighted by atomic mass is 10.2. The van der Waals surface area contributed by atoms with Crippen LogP contribution in [0, 0.1) is 0 Å². The summed E-state index contributed by atoms with van der Waals surface area (Å²) in [6, 6.07) is 40.7. The second-order valence-corrected chi connectivity index (χ2v) is 33.8. The van der Waals surface area contributed by atoms with Gasteiger partial charge in [0.2, 0.25) is 23.6 Å². The van der Waals surface area contributed by atoms with E-state index in [2.05, 4.69) is 43.0 Å². The molecule has 0 spiro atoms. The molecule has 0 atom stereocenters. The fraction of sp³-hybridized carbons (Fsp3) is 0.625. The van der Waals surface area contributed by atoms with Crippen LogP contribution in [0.25, 0.3) is 0 Å². The molecule has 4 aromatic carbocycles. The Labute approximate surface area is 661 Å². The molecule has 0 aliphatic carbocycles. The molecule has 0 aromatic heterocycles. The lowest BCUT2D eigenvalue weighted by molar-refractivity contribution is -0.132. The van der Waals surface area contributed by atoms with Crippen molar-refractivity contribution in [1.29, 1.82) is 0 Å². The zero-order chi connectivity index (χ0) is 74.4. The number of amides is 4. The Kier molecular flexibility index (Phi) is 60.9. The van der Waals surface area contributed by atoms with Gasteiger partial charge in [-0.05, 0) is 70.9 Å². The van der Waals surface area contributed by atoms with E-state index in [0.29, 0.717) is 164 Å². The summed E-state index contributed by atoms with van der Waals surface area (Å²) in [6.45, 7) is 19.3. The number of rotatable bonds is 73. The predicted molar refractivity (Wildman–Crippen MR) is 450 cm³/mol. The molecule has 0 aliphatic rings. The van der Waals surface area contributed by atoms with E-state index in [9.17, 15) is 19.2 Å². The molecule has 0 fully saturated rings. The first-order valence-corrected chi connectivity index (χ1v) is 46.5. The van der Waals surface area contributed by atoms with E-state index in [1.165, 1.54) is 0 Å². The molecule has 0 unspecified atom stereocenters. The Balaban J connectivity index is 0.922. The maximum Gasteiger partial charge on any atom is 0.223 e. The number of nitrogens with zero attached hydrogens (tertiary/aromatic N) is 4. The average molecular weight is 1590 g/mol. The van der Waals surface area contributed by atoms with Crippen molar-refractivity contribution in [3.05, 3.63) is 156 Å². The van der Waals surface area contributed by atoms with Crippen LogP contribution in [-0.2, 0) is 83.3 Å². The zero-order valence-electron chi connectivity index (χ0n) is 63.1. The molecule has 104 heavy (non-hydrogen) atoms. The lowest BCUT2D eigenvalue weighted by Gasteiger charge is -2.23. The third kappa shape index (κ3) is 52.9. The van der Waals surface area contributed by atoms with Crippen molar-refractivity contribution < 1.29 is 58.4 Å². The number of unbranched alkanes of at least 4 members (excludes halogenated alkanes) is 1. The number of benzene rings is 4. The van der Waals surface area contributed by atoms with Gasteiger partial charge in [-0.2, -0.15) is 94.1 Å². The van der Waals surface area contributed by atoms with E-state index in [0.717, 1.165) is 173 Å². The highest BCUT2D eigenvalue weighted by Crippen LogP contribution is 2.17. The lowest BCUT2D eigenvalue weighted by Crippen LogP contribution is -2.32. The van der Waals surface area contributed by atoms with Crippen LogP contribution in [-0.4, -0.2) is 267 Å². The molecular formula is C80H124N4O12S8. The highest BCUT2D eigenvalue weighted by molar-refractivity contribution is 8.00. The number of hydrogen-bond acceptors (Lipinski definition) is 20. The number of carbonyl (C=O) groups is 4. The molecule has 0 heterocycles. The molecule has 0 bridgehead atoms. The van der Waals surface area contributed by atoms with Crippen LogP contribution >= 0.6 is 94.1 Å². The summed E-state index contributed by atoms with van der Waals surface area (Å²) in [5, 5.41) is 0. The van der Waals surface area contributed by atoms with Crippen LogP contribution in [0.1, 0.15) is 88.3 Å². The average Bonchev–Trinajstić information content (AvgIpc) is 0.976. The molecule has 0 radical (unpaired) electrons. The molecule has 0 N–H and O–H groups in total. The van der Waals surface area contributed by atoms with Crippen LogP contribution in [0.15, 0.2) is 134 Å². The molecule has 24 heteroatoms. The van der Waals surface area contributed by atoms with Gasteiger partial charge in [-0.3, -0.25) is 19.2 Å². The van der Waals surface area contributed by atoms with E-state index < -0.39 is 0 Å². The summed E-state index contributed by atoms with van der Waals surface area (Å²) in [7, 11) is 0. The van der Waals surface area contributed by atoms with Gasteiger partial charge in [0.1, 0.15) is 0 Å². The number of hydrogen-bond donors (Lipinski definition) is 0. The summed E-state index contributed by atoms with van der Waals surface area (Å²) in [5.74, 6) is 14.8. The van der Waals surface area contributed by atoms with Crippen molar-refractivity contribution in [3.8, 4) is 0 Å². The Bertz CT molecular complexity index is 2690. The van der Waals surface area contributed by atoms with Gasteiger partial charge in [-0.15, -0.1) is 6.58 Å². The highest BCUT2D eigenvalue weighted by atomic mass is 32.2. The third-order valence-corrected chi connectivity index (χ3v) is 23.5. The molecule has 4 rings (SSSR count). The molecule has 0 aliphatic heterocycles. The Morgan fingerprint density at radius 1 is 0.308 bits per heavy atom. The standard InChI is InChI=1S/C80H124N4O12S8/c1-3-5-53-97-61-45-89-37-41-93-50-66-102-58-30-78(86)82(70-74-23-12-7-13-24-74)34-19-55-99-63-47-91-39-43-95-52-68-104-60-32-80(88)84(72-76-27-16-9-17-28-76)36-20-56-100-64-48-92-40-44-96-51-67-103-59-31-79(87)83(71-75-25-14-8-15-26-75)35-18-54-98-62-46-90-38-42-94-49-65-101-57-29-77(85)81(33-4-2)69-73-21-10-6-11-22-73/h4,6-17,21-28H,2-3,5,18-20,29-72H2,1H3/i1D. The zero-order valence-corrected chi connectivity index (χ0v) is 68.7. The molecule has 4 aromatic rings. The van der Waals surface area contributed by atoms with Crippen LogP contribution in [0.3, 0.4) is 0 Å². The van der Waals surface area contributed by atoms with Crippen molar-refractivity contribution in [1.82, 2.24) is 19.6 Å². The largest absolute Gasteiger partial charge is 0.378 e. The maximum atomic E-state index is 13.5. The van der Waals surface area contributed by atoms with Crippen LogP contribution in [0.5, 0.6) is 0 Å². The summed E-state index contributed by atoms with van der Waals surface area (Å²) in [6.07, 6.45) is 8.65. The molecule has 0 saturated heterocycles. The van der Waals surface area contributed by atoms with E-state index in [1.54, 1.807) is 53.1 Å². The van der Waals surface area contributed by atoms with E-state index >= 15 is 0 Å². The normalized spacial score (nSPS) is 11.4. The summed E-state index contributed by atoms with van der Waals surface area (Å²) in [5.41, 5.74) is 4.55. The van der Waals surface area contributed by atoms with Crippen LogP contribution in [0.2, 0.25) is 0 Å². The number of thioether (sulfide) groups is 8. The molecule has 16 nitrogen and oxygen atoms in total. The van der Waals surface area contributed by atoms with Gasteiger partial charge in [-0.25, -0.2) is 0 Å². The van der Waals surface area contributed by atoms with Crippen LogP contribution < -0.4 is 0 Å². The minimum atomic E-state index is 0.142. The van der Waals surface area contributed by atoms with Gasteiger partial charge >= 0.3 is 0 Å². The second-order valence-electron chi connectivity index (χ2n) is 24.0. The van der Waals surface area contributed by atoms with Gasteiger partial charge < -0.3 is 57.5 Å². The fourth-order valence-corrected chi connectivity index (χ4v) is 16.3. The minimum absolute atomic E-state index is 0.142. The topological polar surface area (TPSA) is 155 Å². The molecular weight excluding hydrogens is 1470 g/mol. The smallest absolute Gasteiger partial charge is 0.223 e. The summed E-state index contributed by atoms with van der Waals surface area (Å²) in [4.78, 5) is 61.0. The van der Waals surface area contributed by atoms with E-state index in [-0.39, 0.29) is 23.6 Å². The van der Waals surface area contributed by atoms with Gasteiger partial charge in [0.25, 0.3) is 0 Å². The van der Waals surface area contributed by atoms with Crippen molar-refractivity contribution in [3.63, 3.8) is 0 Å².